The van der Waals surface area contributed by atoms with Gasteiger partial charge >= 0.3 is 6.18 Å². The van der Waals surface area contributed by atoms with Crippen molar-refractivity contribution in [2.75, 3.05) is 32.7 Å². The maximum atomic E-state index is 13.2. The SMILES string of the molecule is C=CC(=O)N1CCN(C(=O)Cc2ccc(C(F)(F)F)cc2)C[C@H]1C(=O)N1CC2(CCC2)C1. The topological polar surface area (TPSA) is 60.9 Å². The maximum absolute atomic E-state index is 13.2. The predicted octanol–water partition coefficient (Wildman–Crippen LogP) is 2.49. The lowest BCUT2D eigenvalue weighted by atomic mass is 9.63. The van der Waals surface area contributed by atoms with E-state index in [0.717, 1.165) is 25.0 Å². The first kappa shape index (κ1) is 22.4. The van der Waals surface area contributed by atoms with Gasteiger partial charge in [-0.15, -0.1) is 0 Å². The monoisotopic (exact) mass is 449 g/mol. The highest BCUT2D eigenvalue weighted by molar-refractivity contribution is 5.94. The molecule has 0 aromatic heterocycles. The number of benzene rings is 1. The second-order valence-corrected chi connectivity index (χ2v) is 9.01. The fourth-order valence-corrected chi connectivity index (χ4v) is 4.82. The Kier molecular flexibility index (Phi) is 5.77. The number of amides is 3. The zero-order valence-electron chi connectivity index (χ0n) is 17.7. The Morgan fingerprint density at radius 3 is 2.25 bits per heavy atom. The number of carbonyl (C=O) groups excluding carboxylic acids is 3. The average Bonchev–Trinajstić information content (AvgIpc) is 2.70. The minimum absolute atomic E-state index is 0.0682. The van der Waals surface area contributed by atoms with E-state index in [1.807, 2.05) is 0 Å². The van der Waals surface area contributed by atoms with Crippen molar-refractivity contribution in [3.05, 3.63) is 48.0 Å². The minimum atomic E-state index is -4.43. The number of hydrogen-bond acceptors (Lipinski definition) is 3. The summed E-state index contributed by atoms with van der Waals surface area (Å²) in [6.45, 7) is 5.43. The average molecular weight is 449 g/mol. The summed E-state index contributed by atoms with van der Waals surface area (Å²) in [7, 11) is 0. The molecule has 3 aliphatic rings. The van der Waals surface area contributed by atoms with E-state index in [-0.39, 0.29) is 49.2 Å². The summed E-state index contributed by atoms with van der Waals surface area (Å²) in [6.07, 6.45) is 0.0889. The molecule has 0 bridgehead atoms. The van der Waals surface area contributed by atoms with Gasteiger partial charge in [0.25, 0.3) is 0 Å². The van der Waals surface area contributed by atoms with Crippen LogP contribution in [0.25, 0.3) is 0 Å². The van der Waals surface area contributed by atoms with Crippen LogP contribution in [0.4, 0.5) is 13.2 Å². The summed E-state index contributed by atoms with van der Waals surface area (Å²) in [5.74, 6) is -0.797. The molecule has 2 heterocycles. The molecule has 1 aromatic rings. The number of nitrogens with zero attached hydrogens (tertiary/aromatic N) is 3. The minimum Gasteiger partial charge on any atom is -0.340 e. The summed E-state index contributed by atoms with van der Waals surface area (Å²) < 4.78 is 38.2. The summed E-state index contributed by atoms with van der Waals surface area (Å²) in [6, 6.07) is 3.71. The molecule has 1 atom stereocenters. The lowest BCUT2D eigenvalue weighted by Crippen LogP contribution is -2.68. The van der Waals surface area contributed by atoms with Gasteiger partial charge in [-0.05, 0) is 36.6 Å². The zero-order valence-corrected chi connectivity index (χ0v) is 17.7. The number of likely N-dealkylation sites (tertiary alicyclic amines) is 1. The molecule has 3 fully saturated rings. The highest BCUT2D eigenvalue weighted by atomic mass is 19.4. The Morgan fingerprint density at radius 1 is 1.06 bits per heavy atom. The second kappa shape index (κ2) is 8.26. The summed E-state index contributed by atoms with van der Waals surface area (Å²) in [5.41, 5.74) is -0.0600. The zero-order chi connectivity index (χ0) is 23.1. The molecule has 1 aromatic carbocycles. The van der Waals surface area contributed by atoms with Gasteiger partial charge in [-0.2, -0.15) is 13.2 Å². The number of alkyl halides is 3. The molecule has 0 unspecified atom stereocenters. The van der Waals surface area contributed by atoms with E-state index in [1.165, 1.54) is 34.4 Å². The molecule has 6 nitrogen and oxygen atoms in total. The van der Waals surface area contributed by atoms with Crippen molar-refractivity contribution in [3.8, 4) is 0 Å². The van der Waals surface area contributed by atoms with Crippen LogP contribution in [0.5, 0.6) is 0 Å². The normalized spacial score (nSPS) is 22.2. The first-order valence-corrected chi connectivity index (χ1v) is 10.8. The quantitative estimate of drug-likeness (QED) is 0.664. The van der Waals surface area contributed by atoms with Crippen molar-refractivity contribution in [2.45, 2.75) is 37.9 Å². The van der Waals surface area contributed by atoms with Crippen LogP contribution in [0, 0.1) is 5.41 Å². The predicted molar refractivity (Wildman–Crippen MR) is 110 cm³/mol. The van der Waals surface area contributed by atoms with Gasteiger partial charge < -0.3 is 14.7 Å². The van der Waals surface area contributed by atoms with Crippen LogP contribution in [-0.4, -0.2) is 71.2 Å². The Morgan fingerprint density at radius 2 is 1.72 bits per heavy atom. The van der Waals surface area contributed by atoms with Crippen molar-refractivity contribution in [3.63, 3.8) is 0 Å². The number of halogens is 3. The van der Waals surface area contributed by atoms with Crippen LogP contribution in [0.15, 0.2) is 36.9 Å². The fraction of sp³-hybridized carbons (Fsp3) is 0.522. The van der Waals surface area contributed by atoms with Gasteiger partial charge in [0.05, 0.1) is 18.5 Å². The van der Waals surface area contributed by atoms with E-state index in [2.05, 4.69) is 6.58 Å². The Bertz CT molecular complexity index is 917. The molecule has 1 aliphatic carbocycles. The summed E-state index contributed by atoms with van der Waals surface area (Å²) in [4.78, 5) is 43.1. The van der Waals surface area contributed by atoms with Gasteiger partial charge in [0.1, 0.15) is 6.04 Å². The van der Waals surface area contributed by atoms with Crippen molar-refractivity contribution < 1.29 is 27.6 Å². The van der Waals surface area contributed by atoms with E-state index < -0.39 is 17.8 Å². The van der Waals surface area contributed by atoms with Gasteiger partial charge in [0.15, 0.2) is 0 Å². The van der Waals surface area contributed by atoms with Gasteiger partial charge in [-0.25, -0.2) is 0 Å². The van der Waals surface area contributed by atoms with Crippen molar-refractivity contribution in [1.82, 2.24) is 14.7 Å². The molecule has 1 spiro atoms. The lowest BCUT2D eigenvalue weighted by Gasteiger charge is -2.57. The Labute approximate surface area is 184 Å². The molecule has 4 rings (SSSR count). The fourth-order valence-electron chi connectivity index (χ4n) is 4.82. The van der Waals surface area contributed by atoms with Gasteiger partial charge in [0, 0.05) is 31.6 Å². The van der Waals surface area contributed by atoms with E-state index >= 15 is 0 Å². The summed E-state index contributed by atoms with van der Waals surface area (Å²) >= 11 is 0. The Hall–Kier alpha value is -2.84. The van der Waals surface area contributed by atoms with Crippen LogP contribution < -0.4 is 0 Å². The third-order valence-corrected chi connectivity index (χ3v) is 6.89. The van der Waals surface area contributed by atoms with E-state index in [4.69, 9.17) is 0 Å². The molecular weight excluding hydrogens is 423 g/mol. The van der Waals surface area contributed by atoms with Crippen LogP contribution >= 0.6 is 0 Å². The molecular formula is C23H26F3N3O3. The van der Waals surface area contributed by atoms with Crippen molar-refractivity contribution >= 4 is 17.7 Å². The molecule has 0 N–H and O–H groups in total. The molecule has 1 saturated carbocycles. The maximum Gasteiger partial charge on any atom is 0.416 e. The highest BCUT2D eigenvalue weighted by Crippen LogP contribution is 2.48. The first-order chi connectivity index (χ1) is 15.1. The molecule has 32 heavy (non-hydrogen) atoms. The van der Waals surface area contributed by atoms with Crippen LogP contribution in [-0.2, 0) is 27.0 Å². The first-order valence-electron chi connectivity index (χ1n) is 10.8. The summed E-state index contributed by atoms with van der Waals surface area (Å²) in [5, 5.41) is 0. The second-order valence-electron chi connectivity index (χ2n) is 9.01. The number of hydrogen-bond donors (Lipinski definition) is 0. The smallest absolute Gasteiger partial charge is 0.340 e. The molecule has 2 saturated heterocycles. The van der Waals surface area contributed by atoms with Crippen molar-refractivity contribution in [2.24, 2.45) is 5.41 Å². The third kappa shape index (κ3) is 4.25. The van der Waals surface area contributed by atoms with Crippen molar-refractivity contribution in [1.29, 1.82) is 0 Å². The van der Waals surface area contributed by atoms with Crippen LogP contribution in [0.2, 0.25) is 0 Å². The number of piperazine rings is 1. The molecule has 2 aliphatic heterocycles. The lowest BCUT2D eigenvalue weighted by molar-refractivity contribution is -0.162. The van der Waals surface area contributed by atoms with E-state index in [9.17, 15) is 27.6 Å². The largest absolute Gasteiger partial charge is 0.416 e. The van der Waals surface area contributed by atoms with Crippen LogP contribution in [0.1, 0.15) is 30.4 Å². The molecule has 3 amide bonds. The van der Waals surface area contributed by atoms with E-state index in [1.54, 1.807) is 4.90 Å². The molecule has 9 heteroatoms. The highest BCUT2D eigenvalue weighted by Gasteiger charge is 2.51. The Balaban J connectivity index is 1.42. The van der Waals surface area contributed by atoms with Gasteiger partial charge in [-0.3, -0.25) is 14.4 Å². The van der Waals surface area contributed by atoms with Gasteiger partial charge in [-0.1, -0.05) is 25.1 Å². The van der Waals surface area contributed by atoms with Gasteiger partial charge in [0.2, 0.25) is 17.7 Å². The number of carbonyl (C=O) groups is 3. The van der Waals surface area contributed by atoms with Crippen LogP contribution in [0.3, 0.4) is 0 Å². The molecule has 172 valence electrons. The third-order valence-electron chi connectivity index (χ3n) is 6.89. The molecule has 0 radical (unpaired) electrons. The van der Waals surface area contributed by atoms with E-state index in [0.29, 0.717) is 18.7 Å². The number of rotatable bonds is 4. The standard InChI is InChI=1S/C23H26F3N3O3/c1-2-19(30)29-11-10-27(13-18(29)21(32)28-14-22(15-28)8-3-9-22)20(31)12-16-4-6-17(7-5-16)23(24,25)26/h2,4-7,18H,1,3,8-15H2/t18-/m0/s1.